The first-order valence-electron chi connectivity index (χ1n) is 5.82. The molecule has 3 nitrogen and oxygen atoms in total. The molecular formula is C13H17Cl2NO2. The van der Waals surface area contributed by atoms with Crippen molar-refractivity contribution >= 4 is 29.1 Å². The highest BCUT2D eigenvalue weighted by Gasteiger charge is 2.18. The lowest BCUT2D eigenvalue weighted by atomic mass is 10.1. The molecule has 0 atom stereocenters. The van der Waals surface area contributed by atoms with Crippen molar-refractivity contribution in [3.8, 4) is 5.75 Å². The number of ether oxygens (including phenoxy) is 1. The summed E-state index contributed by atoms with van der Waals surface area (Å²) < 4.78 is 5.19. The van der Waals surface area contributed by atoms with Crippen LogP contribution < -0.4 is 4.74 Å². The van der Waals surface area contributed by atoms with E-state index in [1.165, 1.54) is 7.11 Å². The van der Waals surface area contributed by atoms with E-state index in [1.54, 1.807) is 23.1 Å². The summed E-state index contributed by atoms with van der Waals surface area (Å²) in [6, 6.07) is 5.02. The molecule has 5 heteroatoms. The fraction of sp³-hybridized carbons (Fsp3) is 0.462. The number of halogens is 2. The minimum Gasteiger partial charge on any atom is -0.496 e. The summed E-state index contributed by atoms with van der Waals surface area (Å²) in [4.78, 5) is 14.1. The second kappa shape index (κ2) is 7.49. The largest absolute Gasteiger partial charge is 0.496 e. The smallest absolute Gasteiger partial charge is 0.257 e. The molecule has 18 heavy (non-hydrogen) atoms. The Morgan fingerprint density at radius 1 is 1.44 bits per heavy atom. The normalized spacial score (nSPS) is 10.2. The summed E-state index contributed by atoms with van der Waals surface area (Å²) in [6.07, 6.45) is 0.775. The highest BCUT2D eigenvalue weighted by atomic mass is 35.5. The van der Waals surface area contributed by atoms with E-state index in [0.29, 0.717) is 35.3 Å². The number of hydrogen-bond donors (Lipinski definition) is 0. The second-order valence-corrected chi connectivity index (χ2v) is 4.59. The summed E-state index contributed by atoms with van der Waals surface area (Å²) in [5.74, 6) is 0.981. The molecule has 100 valence electrons. The van der Waals surface area contributed by atoms with E-state index >= 15 is 0 Å². The Kier molecular flexibility index (Phi) is 6.30. The number of methoxy groups -OCH3 is 1. The average Bonchev–Trinajstić information content (AvgIpc) is 2.39. The minimum absolute atomic E-state index is 0.0591. The molecule has 0 bridgehead atoms. The van der Waals surface area contributed by atoms with Crippen molar-refractivity contribution in [2.45, 2.75) is 13.3 Å². The van der Waals surface area contributed by atoms with Gasteiger partial charge in [-0.25, -0.2) is 0 Å². The first-order chi connectivity index (χ1) is 8.63. The van der Waals surface area contributed by atoms with Crippen LogP contribution in [0.2, 0.25) is 5.02 Å². The molecule has 1 rings (SSSR count). The fourth-order valence-electron chi connectivity index (χ4n) is 1.67. The summed E-state index contributed by atoms with van der Waals surface area (Å²) in [6.45, 7) is 3.22. The topological polar surface area (TPSA) is 29.5 Å². The molecule has 0 spiro atoms. The standard InChI is InChI=1S/C13H17Cl2NO2/c1-3-16(8-4-7-14)13(17)11-6-5-10(15)9-12(11)18-2/h5-6,9H,3-4,7-8H2,1-2H3. The van der Waals surface area contributed by atoms with Gasteiger partial charge < -0.3 is 9.64 Å². The van der Waals surface area contributed by atoms with E-state index in [0.717, 1.165) is 6.42 Å². The number of rotatable bonds is 6. The molecule has 0 aliphatic rings. The van der Waals surface area contributed by atoms with Crippen LogP contribution in [0.1, 0.15) is 23.7 Å². The quantitative estimate of drug-likeness (QED) is 0.751. The van der Waals surface area contributed by atoms with Crippen molar-refractivity contribution in [2.75, 3.05) is 26.1 Å². The number of alkyl halides is 1. The van der Waals surface area contributed by atoms with Crippen LogP contribution in [0.15, 0.2) is 18.2 Å². The van der Waals surface area contributed by atoms with E-state index in [2.05, 4.69) is 0 Å². The van der Waals surface area contributed by atoms with Gasteiger partial charge in [-0.3, -0.25) is 4.79 Å². The zero-order valence-corrected chi connectivity index (χ0v) is 12.1. The highest BCUT2D eigenvalue weighted by Crippen LogP contribution is 2.24. The third kappa shape index (κ3) is 3.79. The molecule has 0 saturated carbocycles. The SMILES string of the molecule is CCN(CCCCl)C(=O)c1ccc(Cl)cc1OC. The Balaban J connectivity index is 2.93. The molecule has 1 amide bonds. The van der Waals surface area contributed by atoms with Gasteiger partial charge in [0.25, 0.3) is 5.91 Å². The summed E-state index contributed by atoms with van der Waals surface area (Å²) >= 11 is 11.5. The summed E-state index contributed by atoms with van der Waals surface area (Å²) in [5, 5.41) is 0.548. The molecule has 0 fully saturated rings. The van der Waals surface area contributed by atoms with Crippen LogP contribution in [-0.2, 0) is 0 Å². The van der Waals surface area contributed by atoms with Crippen LogP contribution in [-0.4, -0.2) is 36.9 Å². The maximum atomic E-state index is 12.3. The average molecular weight is 290 g/mol. The number of carbonyl (C=O) groups excluding carboxylic acids is 1. The van der Waals surface area contributed by atoms with Crippen LogP contribution in [0, 0.1) is 0 Å². The Hall–Kier alpha value is -0.930. The second-order valence-electron chi connectivity index (χ2n) is 3.77. The van der Waals surface area contributed by atoms with Gasteiger partial charge in [0.1, 0.15) is 5.75 Å². The van der Waals surface area contributed by atoms with E-state index < -0.39 is 0 Å². The van der Waals surface area contributed by atoms with Crippen LogP contribution in [0.3, 0.4) is 0 Å². The predicted molar refractivity (Wildman–Crippen MR) is 74.9 cm³/mol. The third-order valence-electron chi connectivity index (χ3n) is 2.62. The van der Waals surface area contributed by atoms with Gasteiger partial charge in [-0.15, -0.1) is 11.6 Å². The molecule has 0 radical (unpaired) electrons. The molecular weight excluding hydrogens is 273 g/mol. The molecule has 0 N–H and O–H groups in total. The van der Waals surface area contributed by atoms with Gasteiger partial charge in [-0.05, 0) is 31.5 Å². The first kappa shape index (κ1) is 15.1. The van der Waals surface area contributed by atoms with Crippen LogP contribution in [0.4, 0.5) is 0 Å². The number of nitrogens with zero attached hydrogens (tertiary/aromatic N) is 1. The molecule has 0 aromatic heterocycles. The van der Waals surface area contributed by atoms with Crippen molar-refractivity contribution in [2.24, 2.45) is 0 Å². The number of hydrogen-bond acceptors (Lipinski definition) is 2. The van der Waals surface area contributed by atoms with Crippen LogP contribution in [0.25, 0.3) is 0 Å². The zero-order chi connectivity index (χ0) is 13.5. The summed E-state index contributed by atoms with van der Waals surface area (Å²) in [5.41, 5.74) is 0.526. The molecule has 0 aliphatic heterocycles. The first-order valence-corrected chi connectivity index (χ1v) is 6.74. The van der Waals surface area contributed by atoms with Gasteiger partial charge in [-0.2, -0.15) is 0 Å². The molecule has 1 aromatic rings. The number of benzene rings is 1. The lowest BCUT2D eigenvalue weighted by Gasteiger charge is -2.21. The van der Waals surface area contributed by atoms with E-state index in [4.69, 9.17) is 27.9 Å². The van der Waals surface area contributed by atoms with Crippen LogP contribution in [0.5, 0.6) is 5.75 Å². The van der Waals surface area contributed by atoms with E-state index in [1.807, 2.05) is 6.92 Å². The number of amides is 1. The Labute approximate surface area is 118 Å². The maximum Gasteiger partial charge on any atom is 0.257 e. The van der Waals surface area contributed by atoms with E-state index in [-0.39, 0.29) is 5.91 Å². The predicted octanol–water partition coefficient (Wildman–Crippen LogP) is 3.44. The van der Waals surface area contributed by atoms with Gasteiger partial charge in [0, 0.05) is 24.0 Å². The lowest BCUT2D eigenvalue weighted by molar-refractivity contribution is 0.0761. The monoisotopic (exact) mass is 289 g/mol. The Morgan fingerprint density at radius 3 is 2.72 bits per heavy atom. The van der Waals surface area contributed by atoms with Gasteiger partial charge >= 0.3 is 0 Å². The zero-order valence-electron chi connectivity index (χ0n) is 10.6. The third-order valence-corrected chi connectivity index (χ3v) is 3.13. The Bertz CT molecular complexity index is 410. The molecule has 0 aliphatic carbocycles. The summed E-state index contributed by atoms with van der Waals surface area (Å²) in [7, 11) is 1.53. The molecule has 0 unspecified atom stereocenters. The van der Waals surface area contributed by atoms with Gasteiger partial charge in [0.2, 0.25) is 0 Å². The van der Waals surface area contributed by atoms with Crippen molar-refractivity contribution in [1.29, 1.82) is 0 Å². The number of carbonyl (C=O) groups is 1. The van der Waals surface area contributed by atoms with Crippen molar-refractivity contribution in [3.05, 3.63) is 28.8 Å². The molecule has 0 heterocycles. The lowest BCUT2D eigenvalue weighted by Crippen LogP contribution is -2.32. The van der Waals surface area contributed by atoms with Crippen molar-refractivity contribution in [1.82, 2.24) is 4.90 Å². The van der Waals surface area contributed by atoms with Crippen molar-refractivity contribution < 1.29 is 9.53 Å². The molecule has 0 saturated heterocycles. The fourth-order valence-corrected chi connectivity index (χ4v) is 1.95. The maximum absolute atomic E-state index is 12.3. The van der Waals surface area contributed by atoms with Crippen molar-refractivity contribution in [3.63, 3.8) is 0 Å². The Morgan fingerprint density at radius 2 is 2.17 bits per heavy atom. The van der Waals surface area contributed by atoms with Gasteiger partial charge in [0.15, 0.2) is 0 Å². The van der Waals surface area contributed by atoms with Gasteiger partial charge in [-0.1, -0.05) is 11.6 Å². The van der Waals surface area contributed by atoms with Gasteiger partial charge in [0.05, 0.1) is 12.7 Å². The van der Waals surface area contributed by atoms with E-state index in [9.17, 15) is 4.79 Å². The highest BCUT2D eigenvalue weighted by molar-refractivity contribution is 6.30. The molecule has 1 aromatic carbocycles. The minimum atomic E-state index is -0.0591. The van der Waals surface area contributed by atoms with Crippen LogP contribution >= 0.6 is 23.2 Å².